The smallest absolute Gasteiger partial charge is 0.355 e. The molecule has 2 aromatic rings. The summed E-state index contributed by atoms with van der Waals surface area (Å²) in [7, 11) is 0. The van der Waals surface area contributed by atoms with Crippen LogP contribution in [0.5, 0.6) is 0 Å². The quantitative estimate of drug-likeness (QED) is 0.0584. The number of carbonyl (C=O) groups excluding carboxylic acids is 3. The third-order valence-corrected chi connectivity index (χ3v) is 13.7. The molecule has 1 aromatic carbocycles. The van der Waals surface area contributed by atoms with Crippen molar-refractivity contribution in [3.8, 4) is 0 Å². The number of benzene rings is 1. The molecule has 2 heterocycles. The second-order valence-corrected chi connectivity index (χ2v) is 16.4. The summed E-state index contributed by atoms with van der Waals surface area (Å²) in [6, 6.07) is 11.3. The molecule has 0 spiro atoms. The minimum atomic E-state index is -2.16. The Morgan fingerprint density at radius 3 is 2.20 bits per heavy atom. The Labute approximate surface area is 270 Å². The zero-order valence-electron chi connectivity index (χ0n) is 28.0. The Bertz CT molecular complexity index is 1320. The van der Waals surface area contributed by atoms with Gasteiger partial charge in [-0.2, -0.15) is 5.10 Å². The van der Waals surface area contributed by atoms with Crippen molar-refractivity contribution in [2.75, 3.05) is 25.1 Å². The zero-order chi connectivity index (χ0) is 33.0. The van der Waals surface area contributed by atoms with E-state index in [-0.39, 0.29) is 24.7 Å². The molecule has 0 bridgehead atoms. The summed E-state index contributed by atoms with van der Waals surface area (Å²) in [5.41, 5.74) is 2.87. The molecule has 1 aromatic heterocycles. The van der Waals surface area contributed by atoms with E-state index < -0.39 is 30.9 Å². The summed E-state index contributed by atoms with van der Waals surface area (Å²) < 4.78 is 7.54. The number of aliphatic hydroxyl groups is 1. The number of hydrogen-bond donors (Lipinski definition) is 1. The maximum Gasteiger partial charge on any atom is 0.355 e. The van der Waals surface area contributed by atoms with E-state index >= 15 is 0 Å². The van der Waals surface area contributed by atoms with Crippen molar-refractivity contribution >= 4 is 30.0 Å². The summed E-state index contributed by atoms with van der Waals surface area (Å²) in [5, 5.41) is 15.4. The molecule has 45 heavy (non-hydrogen) atoms. The predicted molar refractivity (Wildman–Crippen MR) is 184 cm³/mol. The highest BCUT2D eigenvalue weighted by atomic mass is 31.2. The lowest BCUT2D eigenvalue weighted by atomic mass is 9.80. The topological polar surface area (TPSA) is 102 Å². The first kappa shape index (κ1) is 36.5. The number of hydrogen-bond acceptors (Lipinski definition) is 6. The number of aromatic nitrogens is 2. The van der Waals surface area contributed by atoms with Crippen molar-refractivity contribution in [1.82, 2.24) is 14.7 Å². The summed E-state index contributed by atoms with van der Waals surface area (Å²) in [6.07, 6.45) is 9.70. The van der Waals surface area contributed by atoms with Crippen LogP contribution < -0.4 is 0 Å². The average molecular weight is 640 g/mol. The molecule has 9 heteroatoms. The molecular weight excluding hydrogens is 585 g/mol. The molecule has 1 amide bonds. The molecule has 0 aliphatic carbocycles. The number of β-lactam (4-membered cyclic amide) rings is 1. The molecule has 1 N–H and O–H groups in total. The maximum atomic E-state index is 14.0. The van der Waals surface area contributed by atoms with E-state index in [9.17, 15) is 19.5 Å². The summed E-state index contributed by atoms with van der Waals surface area (Å²) >= 11 is 0. The molecule has 3 rings (SSSR count). The van der Waals surface area contributed by atoms with E-state index in [1.54, 1.807) is 17.9 Å². The largest absolute Gasteiger partial charge is 0.457 e. The molecule has 1 aliphatic heterocycles. The minimum absolute atomic E-state index is 0.0238. The third-order valence-electron chi connectivity index (χ3n) is 8.92. The number of nitrogens with zero attached hydrogens (tertiary/aromatic N) is 3. The van der Waals surface area contributed by atoms with Gasteiger partial charge in [-0.1, -0.05) is 89.9 Å². The fourth-order valence-electron chi connectivity index (χ4n) is 6.38. The van der Waals surface area contributed by atoms with Crippen LogP contribution in [0, 0.1) is 12.8 Å². The van der Waals surface area contributed by atoms with E-state index in [2.05, 4.69) is 44.6 Å². The first-order chi connectivity index (χ1) is 21.6. The third kappa shape index (κ3) is 9.07. The van der Waals surface area contributed by atoms with Crippen LogP contribution >= 0.6 is 6.89 Å². The summed E-state index contributed by atoms with van der Waals surface area (Å²) in [5.74, 6) is -1.76. The fourth-order valence-corrected chi connectivity index (χ4v) is 11.6. The Morgan fingerprint density at radius 2 is 1.67 bits per heavy atom. The van der Waals surface area contributed by atoms with Crippen LogP contribution in [-0.4, -0.2) is 80.1 Å². The van der Waals surface area contributed by atoms with Gasteiger partial charge in [-0.3, -0.25) is 14.3 Å². The van der Waals surface area contributed by atoms with E-state index in [1.807, 2.05) is 29.8 Å². The normalized spacial score (nSPS) is 17.1. The van der Waals surface area contributed by atoms with Gasteiger partial charge in [0, 0.05) is 18.7 Å². The van der Waals surface area contributed by atoms with Gasteiger partial charge in [0.25, 0.3) is 0 Å². The van der Waals surface area contributed by atoms with E-state index in [1.165, 1.54) is 11.6 Å². The lowest BCUT2D eigenvalue weighted by molar-refractivity contribution is -0.157. The van der Waals surface area contributed by atoms with Gasteiger partial charge in [-0.15, -0.1) is 0 Å². The number of aryl methyl sites for hydroxylation is 3. The van der Waals surface area contributed by atoms with Crippen LogP contribution in [0.25, 0.3) is 0 Å². The van der Waals surface area contributed by atoms with Crippen molar-refractivity contribution in [1.29, 1.82) is 0 Å². The number of amides is 1. The lowest BCUT2D eigenvalue weighted by Crippen LogP contribution is -2.68. The molecule has 1 saturated heterocycles. The second-order valence-electron chi connectivity index (χ2n) is 12.4. The molecule has 0 saturated carbocycles. The highest BCUT2D eigenvalue weighted by molar-refractivity contribution is 7.77. The molecule has 8 nitrogen and oxygen atoms in total. The Morgan fingerprint density at radius 1 is 1.07 bits per heavy atom. The monoisotopic (exact) mass is 639 g/mol. The van der Waals surface area contributed by atoms with E-state index in [0.717, 1.165) is 69.1 Å². The molecule has 0 unspecified atom stereocenters. The van der Waals surface area contributed by atoms with Crippen LogP contribution in [0.1, 0.15) is 94.4 Å². The SMILES string of the molecule is C=CCOC(=O)C(N1C(=O)[C@H]([C@@H](C)O)[C@H]1CC(=O)c1cc(C)n(CCc2ccccc2)n1)=P(CCCC)(CCCC)CCCC. The van der Waals surface area contributed by atoms with Gasteiger partial charge in [-0.05, 0) is 69.6 Å². The maximum absolute atomic E-state index is 14.0. The first-order valence-electron chi connectivity index (χ1n) is 16.8. The van der Waals surface area contributed by atoms with Crippen LogP contribution in [-0.2, 0) is 27.3 Å². The van der Waals surface area contributed by atoms with E-state index in [4.69, 9.17) is 4.74 Å². The van der Waals surface area contributed by atoms with Gasteiger partial charge in [-0.25, -0.2) is 4.79 Å². The van der Waals surface area contributed by atoms with Crippen molar-refractivity contribution in [3.05, 3.63) is 66.0 Å². The van der Waals surface area contributed by atoms with Crippen molar-refractivity contribution < 1.29 is 24.2 Å². The summed E-state index contributed by atoms with van der Waals surface area (Å²) in [4.78, 5) is 43.3. The number of aliphatic hydroxyl groups excluding tert-OH is 1. The van der Waals surface area contributed by atoms with Crippen molar-refractivity contribution in [3.63, 3.8) is 0 Å². The number of esters is 1. The molecular formula is C36H54N3O5P. The number of rotatable bonds is 20. The molecule has 3 atom stereocenters. The van der Waals surface area contributed by atoms with Gasteiger partial charge >= 0.3 is 5.97 Å². The van der Waals surface area contributed by atoms with Gasteiger partial charge in [0.15, 0.2) is 5.78 Å². The van der Waals surface area contributed by atoms with Gasteiger partial charge in [0.2, 0.25) is 5.91 Å². The number of unbranched alkanes of at least 4 members (excludes halogenated alkanes) is 3. The molecule has 1 aliphatic rings. The van der Waals surface area contributed by atoms with Crippen molar-refractivity contribution in [2.45, 2.75) is 105 Å². The molecule has 248 valence electrons. The highest BCUT2D eigenvalue weighted by Crippen LogP contribution is 2.54. The number of ether oxygens (including phenoxy) is 1. The fraction of sp³-hybridized carbons (Fsp3) is 0.583. The van der Waals surface area contributed by atoms with Gasteiger partial charge < -0.3 is 14.7 Å². The summed E-state index contributed by atoms with van der Waals surface area (Å²) in [6.45, 7) is 12.2. The van der Waals surface area contributed by atoms with Crippen LogP contribution in [0.4, 0.5) is 0 Å². The van der Waals surface area contributed by atoms with Crippen LogP contribution in [0.2, 0.25) is 0 Å². The van der Waals surface area contributed by atoms with Crippen LogP contribution in [0.3, 0.4) is 0 Å². The Hall–Kier alpha value is -2.96. The number of likely N-dealkylation sites (tertiary alicyclic amines) is 1. The Balaban J connectivity index is 2.04. The van der Waals surface area contributed by atoms with Crippen molar-refractivity contribution in [2.24, 2.45) is 5.92 Å². The second kappa shape index (κ2) is 17.7. The zero-order valence-corrected chi connectivity index (χ0v) is 28.9. The molecule has 1 fully saturated rings. The van der Waals surface area contributed by atoms with Crippen LogP contribution in [0.15, 0.2) is 49.1 Å². The number of Topliss-reactive ketones (excluding diaryl/α,β-unsaturated/α-hetero) is 1. The highest BCUT2D eigenvalue weighted by Gasteiger charge is 2.54. The Kier molecular flexibility index (Phi) is 14.3. The standard InChI is InChI=1S/C36H54N3O5P/c1-7-11-22-45(23-12-8-2,24-13-9-3)35(36(43)44-21-10-4)39-31(33(28(6)40)34(39)42)26-32(41)30-25-27(5)38(37-30)20-19-29-17-15-14-16-18-29/h10,14-18,25,28,31,33,40H,4,7-9,11-13,19-24,26H2,1-3,5-6H3/t28-,31-,33-/m1/s1. The van der Waals surface area contributed by atoms with Gasteiger partial charge in [0.05, 0.1) is 18.1 Å². The molecule has 0 radical (unpaired) electrons. The number of carbonyl (C=O) groups is 3. The van der Waals surface area contributed by atoms with Gasteiger partial charge in [0.1, 0.15) is 17.7 Å². The minimum Gasteiger partial charge on any atom is -0.457 e. The lowest BCUT2D eigenvalue weighted by Gasteiger charge is -2.50. The van der Waals surface area contributed by atoms with E-state index in [0.29, 0.717) is 17.7 Å². The first-order valence-corrected chi connectivity index (χ1v) is 19.1. The predicted octanol–water partition coefficient (Wildman–Crippen LogP) is 6.49. The number of ketones is 1. The average Bonchev–Trinajstić information content (AvgIpc) is 3.41.